The monoisotopic (exact) mass is 366 g/mol. The molecule has 3 aliphatic rings. The molecule has 1 aromatic carbocycles. The number of hydrogen-bond donors (Lipinski definition) is 1. The van der Waals surface area contributed by atoms with Crippen molar-refractivity contribution in [2.75, 3.05) is 6.61 Å². The van der Waals surface area contributed by atoms with E-state index in [9.17, 15) is 5.11 Å². The van der Waals surface area contributed by atoms with Crippen molar-refractivity contribution in [1.29, 1.82) is 0 Å². The number of aryl methyl sites for hydroxylation is 1. The molecule has 22 heavy (non-hydrogen) atoms. The Labute approximate surface area is 140 Å². The normalized spacial score (nSPS) is 43.3. The van der Waals surface area contributed by atoms with Crippen molar-refractivity contribution in [3.63, 3.8) is 0 Å². The van der Waals surface area contributed by atoms with Gasteiger partial charge in [0.15, 0.2) is 0 Å². The molecule has 0 radical (unpaired) electrons. The van der Waals surface area contributed by atoms with Gasteiger partial charge in [0.05, 0.1) is 12.7 Å². The molecule has 2 saturated heterocycles. The van der Waals surface area contributed by atoms with Crippen molar-refractivity contribution in [3.8, 4) is 0 Å². The van der Waals surface area contributed by atoms with Gasteiger partial charge in [-0.1, -0.05) is 46.3 Å². The van der Waals surface area contributed by atoms with E-state index in [1.54, 1.807) is 0 Å². The zero-order valence-electron chi connectivity index (χ0n) is 12.7. The molecule has 4 rings (SSSR count). The predicted octanol–water partition coefficient (Wildman–Crippen LogP) is 3.22. The van der Waals surface area contributed by atoms with Gasteiger partial charge in [0.2, 0.25) is 0 Å². The zero-order chi connectivity index (χ0) is 15.2. The molecule has 4 heteroatoms. The predicted molar refractivity (Wildman–Crippen MR) is 88.2 cm³/mol. The van der Waals surface area contributed by atoms with Gasteiger partial charge in [0.1, 0.15) is 17.3 Å². The zero-order valence-corrected chi connectivity index (χ0v) is 14.3. The number of rotatable bonds is 5. The minimum absolute atomic E-state index is 0.0598. The van der Waals surface area contributed by atoms with Crippen LogP contribution >= 0.6 is 15.9 Å². The Morgan fingerprint density at radius 3 is 2.77 bits per heavy atom. The highest BCUT2D eigenvalue weighted by molar-refractivity contribution is 9.09. The first-order valence-corrected chi connectivity index (χ1v) is 9.27. The smallest absolute Gasteiger partial charge is 0.137 e. The van der Waals surface area contributed by atoms with E-state index in [-0.39, 0.29) is 22.6 Å². The molecule has 2 heterocycles. The van der Waals surface area contributed by atoms with E-state index < -0.39 is 5.60 Å². The maximum absolute atomic E-state index is 11.3. The van der Waals surface area contributed by atoms with Crippen molar-refractivity contribution < 1.29 is 14.6 Å². The second-order valence-electron chi connectivity index (χ2n) is 6.94. The van der Waals surface area contributed by atoms with Gasteiger partial charge in [-0.2, -0.15) is 0 Å². The van der Waals surface area contributed by atoms with E-state index in [1.807, 2.05) is 6.07 Å². The van der Waals surface area contributed by atoms with Crippen LogP contribution in [-0.2, 0) is 15.9 Å². The number of alkyl halides is 1. The molecule has 3 nitrogen and oxygen atoms in total. The lowest BCUT2D eigenvalue weighted by Crippen LogP contribution is -2.59. The quantitative estimate of drug-likeness (QED) is 0.642. The molecule has 1 spiro atoms. The largest absolute Gasteiger partial charge is 0.383 e. The van der Waals surface area contributed by atoms with Crippen LogP contribution in [0.4, 0.5) is 0 Å². The lowest BCUT2D eigenvalue weighted by Gasteiger charge is -2.41. The lowest BCUT2D eigenvalue weighted by molar-refractivity contribution is -0.0769. The van der Waals surface area contributed by atoms with Crippen LogP contribution in [0.15, 0.2) is 30.3 Å². The Bertz CT molecular complexity index is 530. The molecule has 5 unspecified atom stereocenters. The van der Waals surface area contributed by atoms with Crippen molar-refractivity contribution in [2.45, 2.75) is 66.8 Å². The summed E-state index contributed by atoms with van der Waals surface area (Å²) in [7, 11) is 0. The lowest BCUT2D eigenvalue weighted by atomic mass is 9.72. The first-order valence-electron chi connectivity index (χ1n) is 8.35. The van der Waals surface area contributed by atoms with Crippen LogP contribution in [0.1, 0.15) is 37.7 Å². The number of halogens is 1. The van der Waals surface area contributed by atoms with Gasteiger partial charge >= 0.3 is 0 Å². The van der Waals surface area contributed by atoms with Crippen LogP contribution in [0.25, 0.3) is 0 Å². The molecule has 1 saturated carbocycles. The SMILES string of the molecule is OC1(C2OC2CCCc2ccccc2)C(Br)CCCC12CO2. The highest BCUT2D eigenvalue weighted by atomic mass is 79.9. The Hall–Kier alpha value is -0.420. The average Bonchev–Trinajstić information content (AvgIpc) is 3.42. The molecule has 1 N–H and O–H groups in total. The van der Waals surface area contributed by atoms with Gasteiger partial charge in [-0.25, -0.2) is 0 Å². The second-order valence-corrected chi connectivity index (χ2v) is 8.05. The fourth-order valence-electron chi connectivity index (χ4n) is 4.07. The van der Waals surface area contributed by atoms with Gasteiger partial charge in [-0.3, -0.25) is 0 Å². The third kappa shape index (κ3) is 2.44. The molecule has 3 fully saturated rings. The third-order valence-electron chi connectivity index (χ3n) is 5.55. The summed E-state index contributed by atoms with van der Waals surface area (Å²) >= 11 is 3.69. The van der Waals surface area contributed by atoms with Crippen LogP contribution in [-0.4, -0.2) is 40.0 Å². The number of hydrogen-bond acceptors (Lipinski definition) is 3. The van der Waals surface area contributed by atoms with Crippen molar-refractivity contribution in [2.24, 2.45) is 0 Å². The van der Waals surface area contributed by atoms with Gasteiger partial charge in [-0.05, 0) is 44.1 Å². The molecule has 1 aromatic rings. The summed E-state index contributed by atoms with van der Waals surface area (Å²) in [5.41, 5.74) is 0.192. The molecular weight excluding hydrogens is 344 g/mol. The van der Waals surface area contributed by atoms with Crippen LogP contribution in [0.3, 0.4) is 0 Å². The number of aliphatic hydroxyl groups is 1. The summed E-state index contributed by atoms with van der Waals surface area (Å²) < 4.78 is 11.6. The summed E-state index contributed by atoms with van der Waals surface area (Å²) in [5, 5.41) is 11.3. The summed E-state index contributed by atoms with van der Waals surface area (Å²) in [4.78, 5) is 0.0837. The number of benzene rings is 1. The van der Waals surface area contributed by atoms with E-state index >= 15 is 0 Å². The Morgan fingerprint density at radius 2 is 2.05 bits per heavy atom. The van der Waals surface area contributed by atoms with Gasteiger partial charge < -0.3 is 14.6 Å². The highest BCUT2D eigenvalue weighted by Crippen LogP contribution is 2.57. The van der Waals surface area contributed by atoms with Gasteiger partial charge in [-0.15, -0.1) is 0 Å². The highest BCUT2D eigenvalue weighted by Gasteiger charge is 2.73. The summed E-state index contributed by atoms with van der Waals surface area (Å²) in [6.45, 7) is 0.683. The average molecular weight is 367 g/mol. The Morgan fingerprint density at radius 1 is 1.27 bits per heavy atom. The first kappa shape index (κ1) is 15.1. The summed E-state index contributed by atoms with van der Waals surface area (Å²) in [6, 6.07) is 10.6. The van der Waals surface area contributed by atoms with Crippen LogP contribution < -0.4 is 0 Å². The molecule has 0 amide bonds. The van der Waals surface area contributed by atoms with Crippen LogP contribution in [0, 0.1) is 0 Å². The van der Waals surface area contributed by atoms with E-state index in [0.717, 1.165) is 38.5 Å². The topological polar surface area (TPSA) is 45.3 Å². The second kappa shape index (κ2) is 5.59. The van der Waals surface area contributed by atoms with E-state index in [4.69, 9.17) is 9.47 Å². The maximum atomic E-state index is 11.3. The molecule has 120 valence electrons. The fraction of sp³-hybridized carbons (Fsp3) is 0.667. The first-order chi connectivity index (χ1) is 10.7. The number of epoxide rings is 2. The summed E-state index contributed by atoms with van der Waals surface area (Å²) in [5.74, 6) is 0. The van der Waals surface area contributed by atoms with Crippen LogP contribution in [0.5, 0.6) is 0 Å². The summed E-state index contributed by atoms with van der Waals surface area (Å²) in [6.07, 6.45) is 6.39. The molecular formula is C18H23BrO3. The van der Waals surface area contributed by atoms with Gasteiger partial charge in [0.25, 0.3) is 0 Å². The minimum Gasteiger partial charge on any atom is -0.383 e. The van der Waals surface area contributed by atoms with Crippen molar-refractivity contribution in [3.05, 3.63) is 35.9 Å². The molecule has 0 aromatic heterocycles. The van der Waals surface area contributed by atoms with Gasteiger partial charge in [0, 0.05) is 4.83 Å². The van der Waals surface area contributed by atoms with E-state index in [2.05, 4.69) is 40.2 Å². The fourth-order valence-corrected chi connectivity index (χ4v) is 5.08. The van der Waals surface area contributed by atoms with Crippen molar-refractivity contribution >= 4 is 15.9 Å². The van der Waals surface area contributed by atoms with E-state index in [0.29, 0.717) is 6.61 Å². The molecule has 0 bridgehead atoms. The van der Waals surface area contributed by atoms with Crippen LogP contribution in [0.2, 0.25) is 0 Å². The third-order valence-corrected chi connectivity index (χ3v) is 6.71. The minimum atomic E-state index is -0.845. The molecule has 1 aliphatic carbocycles. The Balaban J connectivity index is 1.34. The Kier molecular flexibility index (Phi) is 3.84. The van der Waals surface area contributed by atoms with Crippen molar-refractivity contribution in [1.82, 2.24) is 0 Å². The number of ether oxygens (including phenoxy) is 2. The molecule has 5 atom stereocenters. The maximum Gasteiger partial charge on any atom is 0.137 e. The van der Waals surface area contributed by atoms with E-state index in [1.165, 1.54) is 5.56 Å². The molecule has 2 aliphatic heterocycles. The standard InChI is InChI=1S/C18H23BrO3/c19-15-10-5-11-17(12-21-17)18(15,20)16-14(22-16)9-4-8-13-6-2-1-3-7-13/h1-3,6-7,14-16,20H,4-5,8-12H2.